The minimum atomic E-state index is -1.02. The van der Waals surface area contributed by atoms with Gasteiger partial charge in [0.25, 0.3) is 0 Å². The number of carbonyl (C=O) groups is 8. The van der Waals surface area contributed by atoms with Crippen molar-refractivity contribution in [2.24, 2.45) is 47.0 Å². The lowest BCUT2D eigenvalue weighted by molar-refractivity contribution is -0.144. The van der Waals surface area contributed by atoms with Gasteiger partial charge in [0.1, 0.15) is 24.7 Å². The van der Waals surface area contributed by atoms with E-state index in [0.717, 1.165) is 6.42 Å². The summed E-state index contributed by atoms with van der Waals surface area (Å²) in [7, 11) is 4.71. The number of hydrogen-bond acceptors (Lipinski definition) is 12. The second kappa shape index (κ2) is 32.1. The first-order valence-corrected chi connectivity index (χ1v) is 28.0. The number of nitrogens with zero attached hydrogens (tertiary/aromatic N) is 3. The van der Waals surface area contributed by atoms with E-state index < -0.39 is 90.1 Å². The number of carbonyl (C=O) groups excluding carboxylic acids is 8. The zero-order chi connectivity index (χ0) is 59.4. The minimum Gasteiger partial charge on any atom is -0.445 e. The smallest absolute Gasteiger partial charge is 0.410 e. The summed E-state index contributed by atoms with van der Waals surface area (Å²) in [5, 5.41) is 24.8. The summed E-state index contributed by atoms with van der Waals surface area (Å²) >= 11 is 0. The Hall–Kier alpha value is -6.32. The lowest BCUT2D eigenvalue weighted by Crippen LogP contribution is -2.59. The molecule has 0 bridgehead atoms. The van der Waals surface area contributed by atoms with Gasteiger partial charge >= 0.3 is 12.1 Å². The average Bonchev–Trinajstić information content (AvgIpc) is 3.93. The summed E-state index contributed by atoms with van der Waals surface area (Å²) < 4.78 is 11.6. The number of likely N-dealkylation sites (tertiary alicyclic amines) is 1. The summed E-state index contributed by atoms with van der Waals surface area (Å²) in [5.74, 6) is -4.17. The van der Waals surface area contributed by atoms with Gasteiger partial charge in [-0.3, -0.25) is 33.7 Å². The molecule has 0 aromatic heterocycles. The summed E-state index contributed by atoms with van der Waals surface area (Å²) in [5.41, 5.74) is 12.9. The first-order valence-electron chi connectivity index (χ1n) is 28.0. The van der Waals surface area contributed by atoms with E-state index in [1.165, 1.54) is 11.9 Å². The molecule has 0 unspecified atom stereocenters. The third-order valence-electron chi connectivity index (χ3n) is 15.3. The molecular weight excluding hydrogens is 1010 g/mol. The normalized spacial score (nSPS) is 17.7. The van der Waals surface area contributed by atoms with Crippen LogP contribution in [-0.2, 0) is 44.8 Å². The van der Waals surface area contributed by atoms with E-state index in [2.05, 4.69) is 26.6 Å². The molecule has 2 aromatic rings. The molecule has 21 nitrogen and oxygen atoms in total. The monoisotopic (exact) mass is 1110 g/mol. The lowest BCUT2D eigenvalue weighted by atomic mass is 9.84. The van der Waals surface area contributed by atoms with Crippen LogP contribution in [0.5, 0.6) is 0 Å². The van der Waals surface area contributed by atoms with Crippen molar-refractivity contribution in [1.82, 2.24) is 36.0 Å². The minimum absolute atomic E-state index is 0.0342. The zero-order valence-corrected chi connectivity index (χ0v) is 49.2. The molecule has 0 radical (unpaired) electrons. The van der Waals surface area contributed by atoms with Crippen molar-refractivity contribution in [1.29, 1.82) is 0 Å². The van der Waals surface area contributed by atoms with E-state index >= 15 is 0 Å². The molecule has 10 N–H and O–H groups in total. The number of nitrogens with one attached hydrogen (secondary N) is 5. The number of likely N-dealkylation sites (N-methyl/N-ethyl adjacent to an activating group) is 2. The number of anilines is 1. The second-order valence-corrected chi connectivity index (χ2v) is 22.5. The summed E-state index contributed by atoms with van der Waals surface area (Å²) in [4.78, 5) is 112. The molecule has 1 aliphatic rings. The second-order valence-electron chi connectivity index (χ2n) is 22.5. The maximum Gasteiger partial charge on any atom is 0.410 e. The maximum atomic E-state index is 14.7. The number of hydrogen-bond donors (Lipinski definition) is 8. The molecule has 2 aromatic carbocycles. The Morgan fingerprint density at radius 2 is 1.41 bits per heavy atom. The van der Waals surface area contributed by atoms with Gasteiger partial charge in [-0.15, -0.1) is 0 Å². The van der Waals surface area contributed by atoms with E-state index in [9.17, 15) is 43.5 Å². The third-order valence-corrected chi connectivity index (χ3v) is 15.3. The largest absolute Gasteiger partial charge is 0.445 e. The van der Waals surface area contributed by atoms with Gasteiger partial charge in [-0.2, -0.15) is 0 Å². The van der Waals surface area contributed by atoms with Crippen LogP contribution in [0.25, 0.3) is 0 Å². The quantitative estimate of drug-likeness (QED) is 0.0477. The van der Waals surface area contributed by atoms with Crippen LogP contribution in [0.2, 0.25) is 0 Å². The summed E-state index contributed by atoms with van der Waals surface area (Å²) in [6.07, 6.45) is 0.448. The van der Waals surface area contributed by atoms with Gasteiger partial charge in [0.15, 0.2) is 0 Å². The van der Waals surface area contributed by atoms with Crippen LogP contribution in [0.15, 0.2) is 54.6 Å². The van der Waals surface area contributed by atoms with Crippen molar-refractivity contribution in [3.8, 4) is 0 Å². The Morgan fingerprint density at radius 1 is 0.772 bits per heavy atom. The van der Waals surface area contributed by atoms with Crippen molar-refractivity contribution in [3.63, 3.8) is 0 Å². The van der Waals surface area contributed by atoms with Crippen LogP contribution in [0.4, 0.5) is 15.3 Å². The molecule has 0 saturated carbocycles. The fourth-order valence-electron chi connectivity index (χ4n) is 10.4. The van der Waals surface area contributed by atoms with E-state index in [4.69, 9.17) is 20.9 Å². The number of rotatable bonds is 30. The Labute approximate surface area is 468 Å². The maximum absolute atomic E-state index is 14.7. The average molecular weight is 1110 g/mol. The number of primary amides is 1. The molecule has 1 saturated heterocycles. The Balaban J connectivity index is 1.68. The highest BCUT2D eigenvalue weighted by atomic mass is 16.6. The fourth-order valence-corrected chi connectivity index (χ4v) is 10.4. The number of amides is 9. The van der Waals surface area contributed by atoms with Gasteiger partial charge in [-0.05, 0) is 85.5 Å². The van der Waals surface area contributed by atoms with Crippen LogP contribution in [0.3, 0.4) is 0 Å². The van der Waals surface area contributed by atoms with Gasteiger partial charge in [0.2, 0.25) is 35.4 Å². The molecule has 442 valence electrons. The van der Waals surface area contributed by atoms with Crippen molar-refractivity contribution < 1.29 is 52.9 Å². The van der Waals surface area contributed by atoms with Gasteiger partial charge in [0.05, 0.1) is 36.3 Å². The molecule has 0 aliphatic carbocycles. The van der Waals surface area contributed by atoms with Gasteiger partial charge < -0.3 is 62.4 Å². The number of urea groups is 1. The molecule has 12 atom stereocenters. The Kier molecular flexibility index (Phi) is 27.2. The predicted molar refractivity (Wildman–Crippen MR) is 303 cm³/mol. The molecule has 21 heteroatoms. The van der Waals surface area contributed by atoms with E-state index in [0.29, 0.717) is 42.6 Å². The molecule has 3 rings (SSSR count). The number of nitrogens with two attached hydrogens (primary N) is 2. The van der Waals surface area contributed by atoms with Gasteiger partial charge in [-0.25, -0.2) is 9.59 Å². The van der Waals surface area contributed by atoms with Crippen LogP contribution in [0, 0.1) is 35.5 Å². The van der Waals surface area contributed by atoms with Crippen molar-refractivity contribution >= 4 is 53.3 Å². The zero-order valence-electron chi connectivity index (χ0n) is 49.2. The van der Waals surface area contributed by atoms with Crippen molar-refractivity contribution in [2.75, 3.05) is 39.6 Å². The van der Waals surface area contributed by atoms with Crippen molar-refractivity contribution in [3.05, 3.63) is 65.7 Å². The first-order chi connectivity index (χ1) is 37.2. The Morgan fingerprint density at radius 3 is 1.96 bits per heavy atom. The molecule has 1 fully saturated rings. The SMILES string of the molecule is CC[C@H](C)[C@@H]([C@H](C)CC(=O)N1CCC[C@H]1[C@H](OC)[C@@H](C)C(=O)N[C@H](C)[C@H](O)c1ccccc1)N(C)C(=O)[C@@H](NC(=O)[C@H](C(C)C)N(C)C(=O)OCc1ccc(NC(=O)[C@H](CCCNC(N)=O)NC(=O)[C@@H](N)C(C)C)cc1)C(C)C. The first kappa shape index (κ1) is 67.0. The number of aliphatic hydroxyl groups excluding tert-OH is 1. The fraction of sp³-hybridized carbons (Fsp3) is 0.655. The van der Waals surface area contributed by atoms with Gasteiger partial charge in [0, 0.05) is 52.4 Å². The number of ether oxygens (including phenoxy) is 2. The van der Waals surface area contributed by atoms with Crippen molar-refractivity contribution in [2.45, 2.75) is 176 Å². The molecule has 9 amide bonds. The molecule has 0 spiro atoms. The third kappa shape index (κ3) is 19.5. The van der Waals surface area contributed by atoms with Crippen LogP contribution < -0.4 is 38.1 Å². The van der Waals surface area contributed by atoms with Gasteiger partial charge in [-0.1, -0.05) is 118 Å². The van der Waals surface area contributed by atoms with E-state index in [1.54, 1.807) is 102 Å². The van der Waals surface area contributed by atoms with E-state index in [1.807, 2.05) is 52.8 Å². The molecule has 1 heterocycles. The summed E-state index contributed by atoms with van der Waals surface area (Å²) in [6.45, 7) is 20.9. The Bertz CT molecular complexity index is 2300. The highest BCUT2D eigenvalue weighted by Gasteiger charge is 2.43. The van der Waals surface area contributed by atoms with Crippen LogP contribution in [-0.4, -0.2) is 150 Å². The summed E-state index contributed by atoms with van der Waals surface area (Å²) in [6, 6.07) is 9.80. The van der Waals surface area contributed by atoms with E-state index in [-0.39, 0.29) is 73.4 Å². The predicted octanol–water partition coefficient (Wildman–Crippen LogP) is 5.06. The number of methoxy groups -OCH3 is 1. The lowest BCUT2D eigenvalue weighted by Gasteiger charge is -2.41. The molecule has 1 aliphatic heterocycles. The molecular formula is C58H94N10O11. The molecule has 79 heavy (non-hydrogen) atoms. The highest BCUT2D eigenvalue weighted by Crippen LogP contribution is 2.31. The number of benzene rings is 2. The topological polar surface area (TPSA) is 297 Å². The van der Waals surface area contributed by atoms with Crippen LogP contribution in [0.1, 0.15) is 132 Å². The number of aliphatic hydroxyl groups is 1. The van der Waals surface area contributed by atoms with Crippen LogP contribution >= 0.6 is 0 Å². The highest BCUT2D eigenvalue weighted by molar-refractivity contribution is 5.98. The standard InChI is InChI=1S/C58H94N10O11/c1-15-36(8)49(37(9)31-45(69)68-30-20-24-44(68)51(78-14)38(10)52(71)62-39(11)50(70)41-21-17-16-18-22-41)66(12)56(75)47(34(4)5)65-55(74)48(35(6)7)67(13)58(77)79-32-40-25-27-42(28-26-40)63-53(72)43(23-19-29-61-57(60)76)64-54(73)46(59)33(2)3/h16-18,21-22,25-28,33-39,43-44,46-51,70H,15,19-20,23-24,29-32,59H2,1-14H3,(H,62,71)(H,63,72)(H,64,73)(H,65,74)(H3,60,61,76)/t36-,37+,38+,39+,43-,44-,46-,47-,48-,49-,50-,51+/m0/s1.